The molecule has 1 saturated heterocycles. The fourth-order valence-corrected chi connectivity index (χ4v) is 3.47. The lowest BCUT2D eigenvalue weighted by atomic mass is 10.2. The van der Waals surface area contributed by atoms with Crippen molar-refractivity contribution in [2.24, 2.45) is 0 Å². The van der Waals surface area contributed by atoms with Crippen molar-refractivity contribution in [3.63, 3.8) is 0 Å². The Hall–Kier alpha value is -2.57. The number of hydrogen-bond acceptors (Lipinski definition) is 4. The van der Waals surface area contributed by atoms with Gasteiger partial charge in [0, 0.05) is 36.7 Å². The lowest BCUT2D eigenvalue weighted by Crippen LogP contribution is -2.44. The van der Waals surface area contributed by atoms with Crippen LogP contribution in [-0.2, 0) is 4.79 Å². The molecule has 1 fully saturated rings. The maximum Gasteiger partial charge on any atom is 0.248 e. The first kappa shape index (κ1) is 21.1. The molecule has 29 heavy (non-hydrogen) atoms. The molecule has 0 atom stereocenters. The lowest BCUT2D eigenvalue weighted by Gasteiger charge is -2.35. The third-order valence-electron chi connectivity index (χ3n) is 4.74. The Kier molecular flexibility index (Phi) is 7.49. The number of amides is 1. The Morgan fingerprint density at radius 2 is 1.90 bits per heavy atom. The number of halogens is 1. The Morgan fingerprint density at radius 1 is 1.17 bits per heavy atom. The molecule has 3 rings (SSSR count). The molecule has 2 aromatic rings. The first-order valence-electron chi connectivity index (χ1n) is 9.61. The average Bonchev–Trinajstić information content (AvgIpc) is 2.72. The van der Waals surface area contributed by atoms with E-state index in [9.17, 15) is 4.79 Å². The standard InChI is InChI=1S/C23H26BrN3O2/c1-3-16-29-20-8-4-18(5-9-20)6-11-23(28)25-21-17-19(24)7-10-22(21)27-14-12-26(2)13-15-27/h3-11,17H,1,12-16H2,2H3,(H,25,28). The van der Waals surface area contributed by atoms with Gasteiger partial charge in [0.2, 0.25) is 5.91 Å². The van der Waals surface area contributed by atoms with E-state index >= 15 is 0 Å². The summed E-state index contributed by atoms with van der Waals surface area (Å²) in [6.07, 6.45) is 5.05. The van der Waals surface area contributed by atoms with E-state index in [2.05, 4.69) is 50.7 Å². The van der Waals surface area contributed by atoms with Crippen LogP contribution in [0, 0.1) is 0 Å². The van der Waals surface area contributed by atoms with Crippen molar-refractivity contribution < 1.29 is 9.53 Å². The minimum absolute atomic E-state index is 0.162. The fraction of sp³-hybridized carbons (Fsp3) is 0.261. The van der Waals surface area contributed by atoms with Crippen molar-refractivity contribution in [3.05, 3.63) is 71.2 Å². The third kappa shape index (κ3) is 6.21. The van der Waals surface area contributed by atoms with Crippen LogP contribution in [0.15, 0.2) is 65.7 Å². The lowest BCUT2D eigenvalue weighted by molar-refractivity contribution is -0.111. The van der Waals surface area contributed by atoms with Gasteiger partial charge in [-0.05, 0) is 49.0 Å². The Labute approximate surface area is 180 Å². The summed E-state index contributed by atoms with van der Waals surface area (Å²) in [7, 11) is 2.13. The molecule has 1 N–H and O–H groups in total. The first-order valence-corrected chi connectivity index (χ1v) is 10.4. The number of hydrogen-bond donors (Lipinski definition) is 1. The highest BCUT2D eigenvalue weighted by atomic mass is 79.9. The van der Waals surface area contributed by atoms with E-state index in [-0.39, 0.29) is 5.91 Å². The Bertz CT molecular complexity index is 872. The number of carbonyl (C=O) groups excluding carboxylic acids is 1. The largest absolute Gasteiger partial charge is 0.490 e. The van der Waals surface area contributed by atoms with Gasteiger partial charge < -0.3 is 19.9 Å². The third-order valence-corrected chi connectivity index (χ3v) is 5.23. The summed E-state index contributed by atoms with van der Waals surface area (Å²) in [5, 5.41) is 3.02. The zero-order valence-corrected chi connectivity index (χ0v) is 18.2. The quantitative estimate of drug-likeness (QED) is 0.495. The van der Waals surface area contributed by atoms with E-state index in [1.165, 1.54) is 0 Å². The number of likely N-dealkylation sites (N-methyl/N-ethyl adjacent to an activating group) is 1. The second kappa shape index (κ2) is 10.3. The summed E-state index contributed by atoms with van der Waals surface area (Å²) in [6, 6.07) is 13.6. The number of carbonyl (C=O) groups is 1. The molecule has 1 amide bonds. The summed E-state index contributed by atoms with van der Waals surface area (Å²) in [4.78, 5) is 17.1. The number of nitrogens with one attached hydrogen (secondary N) is 1. The van der Waals surface area contributed by atoms with E-state index in [1.54, 1.807) is 18.2 Å². The maximum absolute atomic E-state index is 12.5. The number of rotatable bonds is 7. The molecule has 0 saturated carbocycles. The highest BCUT2D eigenvalue weighted by molar-refractivity contribution is 9.10. The SMILES string of the molecule is C=CCOc1ccc(C=CC(=O)Nc2cc(Br)ccc2N2CCN(C)CC2)cc1. The predicted molar refractivity (Wildman–Crippen MR) is 124 cm³/mol. The van der Waals surface area contributed by atoms with Crippen LogP contribution in [-0.4, -0.2) is 50.6 Å². The smallest absolute Gasteiger partial charge is 0.248 e. The zero-order chi connectivity index (χ0) is 20.6. The van der Waals surface area contributed by atoms with Crippen molar-refractivity contribution in [1.82, 2.24) is 4.90 Å². The molecular formula is C23H26BrN3O2. The number of ether oxygens (including phenoxy) is 1. The highest BCUT2D eigenvalue weighted by Crippen LogP contribution is 2.30. The van der Waals surface area contributed by atoms with Gasteiger partial charge in [0.15, 0.2) is 0 Å². The van der Waals surface area contributed by atoms with Crippen LogP contribution in [0.2, 0.25) is 0 Å². The second-order valence-corrected chi connectivity index (χ2v) is 7.86. The highest BCUT2D eigenvalue weighted by Gasteiger charge is 2.17. The molecular weight excluding hydrogens is 430 g/mol. The summed E-state index contributed by atoms with van der Waals surface area (Å²) in [6.45, 7) is 8.01. The molecule has 0 bridgehead atoms. The zero-order valence-electron chi connectivity index (χ0n) is 16.6. The van der Waals surface area contributed by atoms with Crippen LogP contribution in [0.5, 0.6) is 5.75 Å². The van der Waals surface area contributed by atoms with E-state index < -0.39 is 0 Å². The van der Waals surface area contributed by atoms with Crippen molar-refractivity contribution in [2.45, 2.75) is 0 Å². The van der Waals surface area contributed by atoms with Crippen LogP contribution < -0.4 is 15.0 Å². The average molecular weight is 456 g/mol. The molecule has 1 aliphatic heterocycles. The second-order valence-electron chi connectivity index (χ2n) is 6.94. The van der Waals surface area contributed by atoms with Crippen LogP contribution in [0.25, 0.3) is 6.08 Å². The van der Waals surface area contributed by atoms with Gasteiger partial charge in [0.25, 0.3) is 0 Å². The monoisotopic (exact) mass is 455 g/mol. The minimum atomic E-state index is -0.162. The number of nitrogens with zero attached hydrogens (tertiary/aromatic N) is 2. The topological polar surface area (TPSA) is 44.8 Å². The summed E-state index contributed by atoms with van der Waals surface area (Å²) >= 11 is 3.51. The van der Waals surface area contributed by atoms with E-state index in [0.717, 1.165) is 53.3 Å². The maximum atomic E-state index is 12.5. The minimum Gasteiger partial charge on any atom is -0.490 e. The van der Waals surface area contributed by atoms with Gasteiger partial charge >= 0.3 is 0 Å². The fourth-order valence-electron chi connectivity index (χ4n) is 3.11. The molecule has 152 valence electrons. The molecule has 0 unspecified atom stereocenters. The molecule has 0 radical (unpaired) electrons. The molecule has 0 spiro atoms. The van der Waals surface area contributed by atoms with E-state index in [1.807, 2.05) is 36.4 Å². The molecule has 5 nitrogen and oxygen atoms in total. The van der Waals surface area contributed by atoms with E-state index in [4.69, 9.17) is 4.74 Å². The van der Waals surface area contributed by atoms with Crippen LogP contribution in [0.3, 0.4) is 0 Å². The van der Waals surface area contributed by atoms with Crippen LogP contribution >= 0.6 is 15.9 Å². The molecule has 0 aromatic heterocycles. The number of piperazine rings is 1. The van der Waals surface area contributed by atoms with Gasteiger partial charge in [0.1, 0.15) is 12.4 Å². The number of benzene rings is 2. The van der Waals surface area contributed by atoms with Gasteiger partial charge in [-0.1, -0.05) is 40.7 Å². The van der Waals surface area contributed by atoms with Gasteiger partial charge in [0.05, 0.1) is 11.4 Å². The van der Waals surface area contributed by atoms with Crippen LogP contribution in [0.4, 0.5) is 11.4 Å². The van der Waals surface area contributed by atoms with Crippen molar-refractivity contribution in [3.8, 4) is 5.75 Å². The molecule has 1 heterocycles. The first-order chi connectivity index (χ1) is 14.0. The molecule has 6 heteroatoms. The summed E-state index contributed by atoms with van der Waals surface area (Å²) < 4.78 is 6.40. The van der Waals surface area contributed by atoms with Gasteiger partial charge in [-0.2, -0.15) is 0 Å². The Morgan fingerprint density at radius 3 is 2.59 bits per heavy atom. The number of anilines is 2. The predicted octanol–water partition coefficient (Wildman–Crippen LogP) is 4.42. The van der Waals surface area contributed by atoms with Gasteiger partial charge in [-0.3, -0.25) is 4.79 Å². The normalized spacial score (nSPS) is 14.8. The molecule has 0 aliphatic carbocycles. The van der Waals surface area contributed by atoms with Crippen molar-refractivity contribution >= 4 is 39.3 Å². The van der Waals surface area contributed by atoms with E-state index in [0.29, 0.717) is 6.61 Å². The summed E-state index contributed by atoms with van der Waals surface area (Å²) in [5.41, 5.74) is 2.79. The van der Waals surface area contributed by atoms with Crippen LogP contribution in [0.1, 0.15) is 5.56 Å². The van der Waals surface area contributed by atoms with Gasteiger partial charge in [-0.25, -0.2) is 0 Å². The Balaban J connectivity index is 1.66. The van der Waals surface area contributed by atoms with Gasteiger partial charge in [-0.15, -0.1) is 0 Å². The summed E-state index contributed by atoms with van der Waals surface area (Å²) in [5.74, 6) is 0.614. The van der Waals surface area contributed by atoms with Crippen molar-refractivity contribution in [1.29, 1.82) is 0 Å². The molecule has 2 aromatic carbocycles. The molecule has 1 aliphatic rings. The van der Waals surface area contributed by atoms with Crippen molar-refractivity contribution in [2.75, 3.05) is 50.1 Å².